The second kappa shape index (κ2) is 10.9. The SMILES string of the molecule is COc1ccc(S(=O)(=O)N(CC(=O)Nc2ccc3c(c2)n(C)c(=O)n3C)c2cc(Cl)ccc2OC)cc1OC. The molecule has 4 rings (SSSR count). The minimum Gasteiger partial charge on any atom is -0.495 e. The zero-order chi connectivity index (χ0) is 28.5. The summed E-state index contributed by atoms with van der Waals surface area (Å²) in [6.45, 7) is -0.612. The summed E-state index contributed by atoms with van der Waals surface area (Å²) in [6, 6.07) is 13.5. The van der Waals surface area contributed by atoms with Crippen molar-refractivity contribution in [1.82, 2.24) is 9.13 Å². The number of sulfonamides is 1. The number of benzene rings is 3. The third-order valence-corrected chi connectivity index (χ3v) is 8.19. The van der Waals surface area contributed by atoms with Gasteiger partial charge in [-0.3, -0.25) is 18.2 Å². The van der Waals surface area contributed by atoms with E-state index < -0.39 is 22.5 Å². The third-order valence-electron chi connectivity index (χ3n) is 6.20. The van der Waals surface area contributed by atoms with E-state index in [1.807, 2.05) is 0 Å². The Labute approximate surface area is 230 Å². The summed E-state index contributed by atoms with van der Waals surface area (Å²) in [7, 11) is 3.14. The molecule has 1 heterocycles. The molecule has 206 valence electrons. The maximum atomic E-state index is 13.9. The van der Waals surface area contributed by atoms with Crippen molar-refractivity contribution in [3.63, 3.8) is 0 Å². The Morgan fingerprint density at radius 3 is 2.18 bits per heavy atom. The van der Waals surface area contributed by atoms with Crippen molar-refractivity contribution in [2.75, 3.05) is 37.5 Å². The molecule has 39 heavy (non-hydrogen) atoms. The van der Waals surface area contributed by atoms with Crippen LogP contribution in [0.4, 0.5) is 11.4 Å². The molecular weight excluding hydrogens is 548 g/mol. The highest BCUT2D eigenvalue weighted by Crippen LogP contribution is 2.37. The van der Waals surface area contributed by atoms with Crippen molar-refractivity contribution in [1.29, 1.82) is 0 Å². The molecule has 0 radical (unpaired) electrons. The second-order valence-electron chi connectivity index (χ2n) is 8.50. The largest absolute Gasteiger partial charge is 0.495 e. The van der Waals surface area contributed by atoms with Crippen molar-refractivity contribution in [3.8, 4) is 17.2 Å². The maximum absolute atomic E-state index is 13.9. The van der Waals surface area contributed by atoms with Gasteiger partial charge in [0.25, 0.3) is 10.0 Å². The van der Waals surface area contributed by atoms with Gasteiger partial charge >= 0.3 is 5.69 Å². The highest BCUT2D eigenvalue weighted by atomic mass is 35.5. The van der Waals surface area contributed by atoms with E-state index in [9.17, 15) is 18.0 Å². The van der Waals surface area contributed by atoms with Gasteiger partial charge in [0, 0.05) is 30.9 Å². The molecule has 0 bridgehead atoms. The van der Waals surface area contributed by atoms with Gasteiger partial charge in [-0.25, -0.2) is 13.2 Å². The summed E-state index contributed by atoms with van der Waals surface area (Å²) in [4.78, 5) is 25.4. The fourth-order valence-corrected chi connectivity index (χ4v) is 5.78. The first-order chi connectivity index (χ1) is 18.5. The van der Waals surface area contributed by atoms with E-state index in [4.69, 9.17) is 25.8 Å². The number of methoxy groups -OCH3 is 3. The van der Waals surface area contributed by atoms with Gasteiger partial charge in [-0.15, -0.1) is 0 Å². The van der Waals surface area contributed by atoms with E-state index in [2.05, 4.69) is 5.32 Å². The fourth-order valence-electron chi connectivity index (χ4n) is 4.18. The zero-order valence-electron chi connectivity index (χ0n) is 21.9. The van der Waals surface area contributed by atoms with Gasteiger partial charge in [0.2, 0.25) is 5.91 Å². The Bertz CT molecular complexity index is 1730. The lowest BCUT2D eigenvalue weighted by Gasteiger charge is -2.26. The van der Waals surface area contributed by atoms with Crippen LogP contribution in [0, 0.1) is 0 Å². The Morgan fingerprint density at radius 2 is 1.51 bits per heavy atom. The molecule has 0 aliphatic rings. The van der Waals surface area contributed by atoms with Crippen molar-refractivity contribution in [2.24, 2.45) is 14.1 Å². The normalized spacial score (nSPS) is 11.3. The summed E-state index contributed by atoms with van der Waals surface area (Å²) >= 11 is 6.21. The Balaban J connectivity index is 1.75. The molecule has 0 spiro atoms. The summed E-state index contributed by atoms with van der Waals surface area (Å²) in [5.41, 5.74) is 1.52. The number of carbonyl (C=O) groups is 1. The summed E-state index contributed by atoms with van der Waals surface area (Å²) in [5.74, 6) is 0.0907. The Morgan fingerprint density at radius 1 is 0.872 bits per heavy atom. The summed E-state index contributed by atoms with van der Waals surface area (Å²) in [6.07, 6.45) is 0. The van der Waals surface area contributed by atoms with Crippen molar-refractivity contribution in [2.45, 2.75) is 4.90 Å². The molecule has 0 aliphatic heterocycles. The van der Waals surface area contributed by atoms with Gasteiger partial charge in [0.15, 0.2) is 11.5 Å². The Kier molecular flexibility index (Phi) is 7.79. The van der Waals surface area contributed by atoms with E-state index in [1.54, 1.807) is 38.4 Å². The average molecular weight is 575 g/mol. The predicted octanol–water partition coefficient (Wildman–Crippen LogP) is 3.39. The van der Waals surface area contributed by atoms with E-state index in [0.717, 1.165) is 4.31 Å². The lowest BCUT2D eigenvalue weighted by atomic mass is 10.2. The van der Waals surface area contributed by atoms with E-state index in [1.165, 1.54) is 60.8 Å². The number of rotatable bonds is 9. The van der Waals surface area contributed by atoms with Gasteiger partial charge in [-0.2, -0.15) is 0 Å². The third kappa shape index (κ3) is 5.25. The van der Waals surface area contributed by atoms with E-state index in [0.29, 0.717) is 22.5 Å². The molecule has 1 aromatic heterocycles. The van der Waals surface area contributed by atoms with Crippen molar-refractivity contribution < 1.29 is 27.4 Å². The zero-order valence-corrected chi connectivity index (χ0v) is 23.5. The van der Waals surface area contributed by atoms with Crippen LogP contribution in [0.25, 0.3) is 11.0 Å². The smallest absolute Gasteiger partial charge is 0.328 e. The molecule has 11 nitrogen and oxygen atoms in total. The lowest BCUT2D eigenvalue weighted by molar-refractivity contribution is -0.114. The van der Waals surface area contributed by atoms with Crippen LogP contribution >= 0.6 is 11.6 Å². The number of aryl methyl sites for hydroxylation is 2. The molecule has 0 aliphatic carbocycles. The van der Waals surface area contributed by atoms with Crippen LogP contribution in [0.1, 0.15) is 0 Å². The molecule has 3 aromatic carbocycles. The number of nitrogens with one attached hydrogen (secondary N) is 1. The molecule has 0 saturated heterocycles. The molecule has 1 amide bonds. The number of hydrogen-bond donors (Lipinski definition) is 1. The summed E-state index contributed by atoms with van der Waals surface area (Å²) < 4.78 is 47.6. The van der Waals surface area contributed by atoms with Crippen LogP contribution in [-0.4, -0.2) is 51.3 Å². The molecule has 0 unspecified atom stereocenters. The van der Waals surface area contributed by atoms with Crippen molar-refractivity contribution in [3.05, 3.63) is 70.1 Å². The molecule has 1 N–H and O–H groups in total. The van der Waals surface area contributed by atoms with Gasteiger partial charge in [0.05, 0.1) is 42.9 Å². The monoisotopic (exact) mass is 574 g/mol. The van der Waals surface area contributed by atoms with Gasteiger partial charge in [-0.1, -0.05) is 11.6 Å². The molecule has 0 saturated carbocycles. The van der Waals surface area contributed by atoms with Crippen LogP contribution in [-0.2, 0) is 28.9 Å². The number of hydrogen-bond acceptors (Lipinski definition) is 7. The average Bonchev–Trinajstić information content (AvgIpc) is 3.14. The molecule has 13 heteroatoms. The number of halogens is 1. The molecule has 0 fully saturated rings. The standard InChI is InChI=1S/C26H27ClN4O7S/c1-29-19-9-7-17(13-20(19)30(2)26(29)33)28-25(32)15-31(21-12-16(27)6-10-22(21)36-3)39(34,35)18-8-11-23(37-4)24(14-18)38-5/h6-14H,15H2,1-5H3,(H,28,32). The quantitative estimate of drug-likeness (QED) is 0.325. The highest BCUT2D eigenvalue weighted by Gasteiger charge is 2.31. The number of carbonyl (C=O) groups excluding carboxylic acids is 1. The number of fused-ring (bicyclic) bond motifs is 1. The van der Waals surface area contributed by atoms with Crippen LogP contribution < -0.4 is 29.5 Å². The van der Waals surface area contributed by atoms with Gasteiger partial charge in [0.1, 0.15) is 12.3 Å². The molecule has 0 atom stereocenters. The van der Waals surface area contributed by atoms with E-state index in [-0.39, 0.29) is 32.8 Å². The van der Waals surface area contributed by atoms with Crippen LogP contribution in [0.5, 0.6) is 17.2 Å². The van der Waals surface area contributed by atoms with Gasteiger partial charge < -0.3 is 19.5 Å². The van der Waals surface area contributed by atoms with Crippen LogP contribution in [0.2, 0.25) is 5.02 Å². The number of nitrogens with zero attached hydrogens (tertiary/aromatic N) is 3. The van der Waals surface area contributed by atoms with Crippen LogP contribution in [0.3, 0.4) is 0 Å². The molecular formula is C26H27ClN4O7S. The maximum Gasteiger partial charge on any atom is 0.328 e. The topological polar surface area (TPSA) is 121 Å². The number of aromatic nitrogens is 2. The number of ether oxygens (including phenoxy) is 3. The van der Waals surface area contributed by atoms with Crippen LogP contribution in [0.15, 0.2) is 64.3 Å². The fraction of sp³-hybridized carbons (Fsp3) is 0.231. The number of amides is 1. The highest BCUT2D eigenvalue weighted by molar-refractivity contribution is 7.92. The minimum absolute atomic E-state index is 0.0656. The minimum atomic E-state index is -4.34. The Hall–Kier alpha value is -4.16. The van der Waals surface area contributed by atoms with Crippen molar-refractivity contribution >= 4 is 49.9 Å². The predicted molar refractivity (Wildman–Crippen MR) is 149 cm³/mol. The first kappa shape index (κ1) is 27.9. The van der Waals surface area contributed by atoms with E-state index >= 15 is 0 Å². The molecule has 4 aromatic rings. The second-order valence-corrected chi connectivity index (χ2v) is 10.8. The number of imidazole rings is 1. The first-order valence-corrected chi connectivity index (χ1v) is 13.4. The lowest BCUT2D eigenvalue weighted by Crippen LogP contribution is -2.38. The van der Waals surface area contributed by atoms with Gasteiger partial charge in [-0.05, 0) is 48.5 Å². The summed E-state index contributed by atoms with van der Waals surface area (Å²) in [5, 5.41) is 2.96. The number of anilines is 2. The first-order valence-electron chi connectivity index (χ1n) is 11.6.